The second kappa shape index (κ2) is 6.97. The summed E-state index contributed by atoms with van der Waals surface area (Å²) in [5.74, 6) is 2.48. The summed E-state index contributed by atoms with van der Waals surface area (Å²) < 4.78 is 8.13. The molecule has 0 saturated carbocycles. The van der Waals surface area contributed by atoms with Crippen molar-refractivity contribution in [2.75, 3.05) is 0 Å². The summed E-state index contributed by atoms with van der Waals surface area (Å²) in [5, 5.41) is 0. The van der Waals surface area contributed by atoms with Crippen molar-refractivity contribution >= 4 is 43.5 Å². The van der Waals surface area contributed by atoms with Crippen LogP contribution in [0.3, 0.4) is 0 Å². The van der Waals surface area contributed by atoms with Gasteiger partial charge in [0, 0.05) is 14.5 Å². The highest BCUT2D eigenvalue weighted by Crippen LogP contribution is 2.35. The van der Waals surface area contributed by atoms with E-state index in [0.29, 0.717) is 11.8 Å². The van der Waals surface area contributed by atoms with Crippen molar-refractivity contribution in [2.24, 2.45) is 0 Å². The molecule has 0 fully saturated rings. The lowest BCUT2D eigenvalue weighted by Gasteiger charge is -2.16. The normalized spacial score (nSPS) is 10.9. The van der Waals surface area contributed by atoms with Crippen molar-refractivity contribution < 1.29 is 4.74 Å². The van der Waals surface area contributed by atoms with Crippen LogP contribution in [0.1, 0.15) is 30.9 Å². The number of hydrogen-bond donors (Lipinski definition) is 0. The van der Waals surface area contributed by atoms with Gasteiger partial charge in [0.05, 0.1) is 5.88 Å². The van der Waals surface area contributed by atoms with Crippen molar-refractivity contribution in [1.82, 2.24) is 0 Å². The van der Waals surface area contributed by atoms with Gasteiger partial charge in [-0.05, 0) is 47.9 Å². The van der Waals surface area contributed by atoms with Gasteiger partial charge in [0.15, 0.2) is 0 Å². The number of hydrogen-bond acceptors (Lipinski definition) is 1. The molecule has 0 aliphatic carbocycles. The average Bonchev–Trinajstić information content (AvgIpc) is 2.42. The molecule has 0 amide bonds. The van der Waals surface area contributed by atoms with Gasteiger partial charge in [-0.3, -0.25) is 0 Å². The zero-order valence-electron chi connectivity index (χ0n) is 11.3. The van der Waals surface area contributed by atoms with E-state index in [1.165, 1.54) is 5.56 Å². The Morgan fingerprint density at radius 1 is 1.00 bits per heavy atom. The number of halogens is 3. The molecular formula is C16H15Br2ClO. The SMILES string of the molecule is CC(C)c1cc(Br)ccc1Oc1ccc(Br)cc1CCl. The monoisotopic (exact) mass is 416 g/mol. The molecule has 1 nitrogen and oxygen atoms in total. The van der Waals surface area contributed by atoms with E-state index in [9.17, 15) is 0 Å². The fourth-order valence-corrected chi connectivity index (χ4v) is 2.93. The van der Waals surface area contributed by atoms with Crippen LogP contribution in [0.15, 0.2) is 45.3 Å². The highest BCUT2D eigenvalue weighted by molar-refractivity contribution is 9.10. The predicted octanol–water partition coefficient (Wildman–Crippen LogP) is 6.87. The Hall–Kier alpha value is -0.510. The van der Waals surface area contributed by atoms with E-state index in [1.807, 2.05) is 30.3 Å². The Bertz CT molecular complexity index is 611. The zero-order valence-corrected chi connectivity index (χ0v) is 15.2. The first-order chi connectivity index (χ1) is 9.51. The van der Waals surface area contributed by atoms with E-state index >= 15 is 0 Å². The largest absolute Gasteiger partial charge is 0.457 e. The lowest BCUT2D eigenvalue weighted by Crippen LogP contribution is -1.96. The van der Waals surface area contributed by atoms with E-state index in [2.05, 4.69) is 51.8 Å². The number of ether oxygens (including phenoxy) is 1. The quantitative estimate of drug-likeness (QED) is 0.493. The molecule has 2 aromatic rings. The molecule has 0 aliphatic heterocycles. The molecule has 2 rings (SSSR count). The van der Waals surface area contributed by atoms with Crippen LogP contribution >= 0.6 is 43.5 Å². The Morgan fingerprint density at radius 3 is 2.20 bits per heavy atom. The molecule has 0 atom stereocenters. The molecule has 0 saturated heterocycles. The van der Waals surface area contributed by atoms with E-state index in [0.717, 1.165) is 26.0 Å². The first kappa shape index (κ1) is 15.9. The van der Waals surface area contributed by atoms with Gasteiger partial charge in [0.25, 0.3) is 0 Å². The highest BCUT2D eigenvalue weighted by atomic mass is 79.9. The molecule has 2 aromatic carbocycles. The van der Waals surface area contributed by atoms with Crippen molar-refractivity contribution in [3.8, 4) is 11.5 Å². The zero-order chi connectivity index (χ0) is 14.7. The van der Waals surface area contributed by atoms with Crippen LogP contribution in [0.4, 0.5) is 0 Å². The molecule has 20 heavy (non-hydrogen) atoms. The molecule has 0 bridgehead atoms. The molecule has 4 heteroatoms. The van der Waals surface area contributed by atoms with Crippen molar-refractivity contribution in [3.05, 3.63) is 56.5 Å². The summed E-state index contributed by atoms with van der Waals surface area (Å²) >= 11 is 12.9. The summed E-state index contributed by atoms with van der Waals surface area (Å²) in [5.41, 5.74) is 2.14. The van der Waals surface area contributed by atoms with Crippen LogP contribution in [-0.2, 0) is 5.88 Å². The van der Waals surface area contributed by atoms with Crippen molar-refractivity contribution in [1.29, 1.82) is 0 Å². The van der Waals surface area contributed by atoms with E-state index in [4.69, 9.17) is 16.3 Å². The molecule has 0 aliphatic rings. The Kier molecular flexibility index (Phi) is 5.53. The molecule has 0 heterocycles. The lowest BCUT2D eigenvalue weighted by molar-refractivity contribution is 0.469. The van der Waals surface area contributed by atoms with Crippen LogP contribution in [0, 0.1) is 0 Å². The van der Waals surface area contributed by atoms with Gasteiger partial charge in [-0.25, -0.2) is 0 Å². The number of benzene rings is 2. The third-order valence-electron chi connectivity index (χ3n) is 2.98. The van der Waals surface area contributed by atoms with Gasteiger partial charge in [0.2, 0.25) is 0 Å². The lowest BCUT2D eigenvalue weighted by atomic mass is 10.0. The summed E-state index contributed by atoms with van der Waals surface area (Å²) in [6.07, 6.45) is 0. The summed E-state index contributed by atoms with van der Waals surface area (Å²) in [6.45, 7) is 4.30. The van der Waals surface area contributed by atoms with Gasteiger partial charge < -0.3 is 4.74 Å². The van der Waals surface area contributed by atoms with Crippen LogP contribution in [0.25, 0.3) is 0 Å². The van der Waals surface area contributed by atoms with Gasteiger partial charge >= 0.3 is 0 Å². The second-order valence-corrected chi connectivity index (χ2v) is 6.92. The highest BCUT2D eigenvalue weighted by Gasteiger charge is 2.11. The summed E-state index contributed by atoms with van der Waals surface area (Å²) in [7, 11) is 0. The molecule has 0 radical (unpaired) electrons. The maximum absolute atomic E-state index is 6.08. The maximum atomic E-state index is 6.08. The average molecular weight is 419 g/mol. The molecule has 0 unspecified atom stereocenters. The van der Waals surface area contributed by atoms with Gasteiger partial charge in [-0.1, -0.05) is 45.7 Å². The summed E-state index contributed by atoms with van der Waals surface area (Å²) in [4.78, 5) is 0. The minimum absolute atomic E-state index is 0.386. The Morgan fingerprint density at radius 2 is 1.60 bits per heavy atom. The van der Waals surface area contributed by atoms with Crippen LogP contribution in [-0.4, -0.2) is 0 Å². The third-order valence-corrected chi connectivity index (χ3v) is 4.25. The van der Waals surface area contributed by atoms with Gasteiger partial charge in [0.1, 0.15) is 11.5 Å². The fourth-order valence-electron chi connectivity index (χ4n) is 1.93. The number of alkyl halides is 1. The molecule has 0 aromatic heterocycles. The molecule has 0 N–H and O–H groups in total. The van der Waals surface area contributed by atoms with Crippen LogP contribution in [0.2, 0.25) is 0 Å². The van der Waals surface area contributed by atoms with Gasteiger partial charge in [-0.15, -0.1) is 11.6 Å². The van der Waals surface area contributed by atoms with E-state index in [1.54, 1.807) is 0 Å². The Balaban J connectivity index is 2.39. The second-order valence-electron chi connectivity index (χ2n) is 4.82. The van der Waals surface area contributed by atoms with Crippen LogP contribution < -0.4 is 4.74 Å². The van der Waals surface area contributed by atoms with Crippen molar-refractivity contribution in [2.45, 2.75) is 25.6 Å². The standard InChI is InChI=1S/C16H15Br2ClO/c1-10(2)14-8-13(18)4-6-16(14)20-15-5-3-12(17)7-11(15)9-19/h3-8,10H,9H2,1-2H3. The molecule has 106 valence electrons. The van der Waals surface area contributed by atoms with Crippen LogP contribution in [0.5, 0.6) is 11.5 Å². The smallest absolute Gasteiger partial charge is 0.131 e. The topological polar surface area (TPSA) is 9.23 Å². The van der Waals surface area contributed by atoms with E-state index in [-0.39, 0.29) is 0 Å². The summed E-state index contributed by atoms with van der Waals surface area (Å²) in [6, 6.07) is 11.9. The first-order valence-corrected chi connectivity index (χ1v) is 8.45. The van der Waals surface area contributed by atoms with E-state index < -0.39 is 0 Å². The maximum Gasteiger partial charge on any atom is 0.131 e. The van der Waals surface area contributed by atoms with Crippen molar-refractivity contribution in [3.63, 3.8) is 0 Å². The number of rotatable bonds is 4. The predicted molar refractivity (Wildman–Crippen MR) is 92.0 cm³/mol. The first-order valence-electron chi connectivity index (χ1n) is 6.33. The fraction of sp³-hybridized carbons (Fsp3) is 0.250. The third kappa shape index (κ3) is 3.78. The molecule has 0 spiro atoms. The molecular weight excluding hydrogens is 403 g/mol. The minimum atomic E-state index is 0.386. The van der Waals surface area contributed by atoms with Gasteiger partial charge in [-0.2, -0.15) is 0 Å². The minimum Gasteiger partial charge on any atom is -0.457 e. The Labute approximate surface area is 141 Å².